The lowest BCUT2D eigenvalue weighted by Gasteiger charge is -2.34. The van der Waals surface area contributed by atoms with Crippen LogP contribution in [0.25, 0.3) is 0 Å². The fraction of sp³-hybridized carbons (Fsp3) is 0.375. The van der Waals surface area contributed by atoms with Crippen molar-refractivity contribution in [3.05, 3.63) is 47.2 Å². The Morgan fingerprint density at radius 2 is 1.73 bits per heavy atom. The highest BCUT2D eigenvalue weighted by molar-refractivity contribution is 5.96. The number of aromatic amines is 1. The van der Waals surface area contributed by atoms with E-state index in [1.54, 1.807) is 41.1 Å². The number of hydrogen-bond acceptors (Lipinski definition) is 3. The van der Waals surface area contributed by atoms with Gasteiger partial charge < -0.3 is 19.2 Å². The Bertz CT molecular complexity index is 680. The maximum Gasteiger partial charge on any atom is 0.270 e. The third kappa shape index (κ3) is 2.64. The average Bonchev–Trinajstić information content (AvgIpc) is 3.15. The number of hydrogen-bond donors (Lipinski definition) is 1. The van der Waals surface area contributed by atoms with E-state index in [9.17, 15) is 9.59 Å². The van der Waals surface area contributed by atoms with Crippen molar-refractivity contribution in [2.24, 2.45) is 0 Å². The molecule has 0 aromatic carbocycles. The second-order valence-electron chi connectivity index (χ2n) is 5.50. The number of H-pyrrole nitrogens is 1. The molecule has 1 saturated heterocycles. The smallest absolute Gasteiger partial charge is 0.270 e. The van der Waals surface area contributed by atoms with Gasteiger partial charge in [0.25, 0.3) is 11.8 Å². The van der Waals surface area contributed by atoms with E-state index in [-0.39, 0.29) is 11.8 Å². The number of aryl methyl sites for hydroxylation is 2. The van der Waals surface area contributed by atoms with E-state index >= 15 is 0 Å². The first-order valence-corrected chi connectivity index (χ1v) is 7.35. The zero-order chi connectivity index (χ0) is 15.7. The number of carbonyl (C=O) groups excluding carboxylic acids is 2. The van der Waals surface area contributed by atoms with E-state index in [0.29, 0.717) is 43.2 Å². The number of nitrogens with zero attached hydrogens (tertiary/aromatic N) is 2. The van der Waals surface area contributed by atoms with Crippen LogP contribution in [0.2, 0.25) is 0 Å². The normalized spacial score (nSPS) is 15.2. The van der Waals surface area contributed by atoms with Gasteiger partial charge in [-0.2, -0.15) is 0 Å². The van der Waals surface area contributed by atoms with Crippen LogP contribution in [0.1, 0.15) is 32.4 Å². The summed E-state index contributed by atoms with van der Waals surface area (Å²) < 4.78 is 5.42. The number of amides is 2. The largest absolute Gasteiger partial charge is 0.466 e. The molecule has 0 saturated carbocycles. The standard InChI is InChI=1S/C16H19N3O3/c1-11-10-13(12(2)22-11)15(20)18-6-8-19(9-7-18)16(21)14-4-3-5-17-14/h3-5,10,17H,6-9H2,1-2H3. The van der Waals surface area contributed by atoms with Gasteiger partial charge in [0, 0.05) is 32.4 Å². The van der Waals surface area contributed by atoms with Crippen molar-refractivity contribution in [1.29, 1.82) is 0 Å². The molecule has 6 nitrogen and oxygen atoms in total. The number of carbonyl (C=O) groups is 2. The molecule has 0 aliphatic carbocycles. The minimum absolute atomic E-state index is 0.0209. The molecular weight excluding hydrogens is 282 g/mol. The molecule has 2 aromatic heterocycles. The Balaban J connectivity index is 1.63. The zero-order valence-electron chi connectivity index (χ0n) is 12.8. The first-order chi connectivity index (χ1) is 10.6. The molecule has 0 unspecified atom stereocenters. The molecule has 2 amide bonds. The van der Waals surface area contributed by atoms with E-state index < -0.39 is 0 Å². The topological polar surface area (TPSA) is 69.6 Å². The molecule has 1 fully saturated rings. The third-order valence-electron chi connectivity index (χ3n) is 3.95. The number of nitrogens with one attached hydrogen (secondary N) is 1. The maximum absolute atomic E-state index is 12.5. The molecule has 1 aliphatic heterocycles. The van der Waals surface area contributed by atoms with Crippen molar-refractivity contribution in [1.82, 2.24) is 14.8 Å². The Hall–Kier alpha value is -2.50. The maximum atomic E-state index is 12.5. The van der Waals surface area contributed by atoms with Crippen molar-refractivity contribution in [2.75, 3.05) is 26.2 Å². The molecule has 22 heavy (non-hydrogen) atoms. The van der Waals surface area contributed by atoms with Crippen LogP contribution in [0, 0.1) is 13.8 Å². The highest BCUT2D eigenvalue weighted by atomic mass is 16.3. The summed E-state index contributed by atoms with van der Waals surface area (Å²) in [6, 6.07) is 5.34. The SMILES string of the molecule is Cc1cc(C(=O)N2CCN(C(=O)c3ccc[nH]3)CC2)c(C)o1. The summed E-state index contributed by atoms with van der Waals surface area (Å²) in [6.07, 6.45) is 1.73. The van der Waals surface area contributed by atoms with Crippen LogP contribution in [0.4, 0.5) is 0 Å². The van der Waals surface area contributed by atoms with Gasteiger partial charge in [0.2, 0.25) is 0 Å². The van der Waals surface area contributed by atoms with Crippen LogP contribution >= 0.6 is 0 Å². The van der Waals surface area contributed by atoms with E-state index in [1.807, 2.05) is 6.92 Å². The molecular formula is C16H19N3O3. The average molecular weight is 301 g/mol. The van der Waals surface area contributed by atoms with E-state index in [4.69, 9.17) is 4.42 Å². The highest BCUT2D eigenvalue weighted by Gasteiger charge is 2.27. The van der Waals surface area contributed by atoms with Gasteiger partial charge in [-0.1, -0.05) is 0 Å². The number of furan rings is 1. The van der Waals surface area contributed by atoms with Gasteiger partial charge in [-0.3, -0.25) is 9.59 Å². The summed E-state index contributed by atoms with van der Waals surface area (Å²) in [4.78, 5) is 31.2. The van der Waals surface area contributed by atoms with Crippen LogP contribution < -0.4 is 0 Å². The summed E-state index contributed by atoms with van der Waals surface area (Å²) in [5.41, 5.74) is 1.20. The molecule has 1 N–H and O–H groups in total. The van der Waals surface area contributed by atoms with Crippen LogP contribution in [-0.2, 0) is 0 Å². The predicted molar refractivity (Wildman–Crippen MR) is 80.8 cm³/mol. The van der Waals surface area contributed by atoms with Gasteiger partial charge >= 0.3 is 0 Å². The molecule has 0 radical (unpaired) electrons. The van der Waals surface area contributed by atoms with Crippen LogP contribution in [0.5, 0.6) is 0 Å². The van der Waals surface area contributed by atoms with Crippen LogP contribution in [-0.4, -0.2) is 52.8 Å². The van der Waals surface area contributed by atoms with E-state index in [2.05, 4.69) is 4.98 Å². The second kappa shape index (κ2) is 5.71. The lowest BCUT2D eigenvalue weighted by atomic mass is 10.2. The van der Waals surface area contributed by atoms with Gasteiger partial charge in [-0.05, 0) is 32.0 Å². The van der Waals surface area contributed by atoms with Crippen LogP contribution in [0.3, 0.4) is 0 Å². The Labute approximate surface area is 128 Å². The molecule has 0 spiro atoms. The number of piperazine rings is 1. The minimum atomic E-state index is -0.0266. The third-order valence-corrected chi connectivity index (χ3v) is 3.95. The second-order valence-corrected chi connectivity index (χ2v) is 5.50. The lowest BCUT2D eigenvalue weighted by molar-refractivity contribution is 0.0531. The van der Waals surface area contributed by atoms with Crippen molar-refractivity contribution < 1.29 is 14.0 Å². The molecule has 1 aliphatic rings. The first kappa shape index (κ1) is 14.4. The monoisotopic (exact) mass is 301 g/mol. The molecule has 0 bridgehead atoms. The highest BCUT2D eigenvalue weighted by Crippen LogP contribution is 2.17. The van der Waals surface area contributed by atoms with Crippen LogP contribution in [0.15, 0.2) is 28.8 Å². The first-order valence-electron chi connectivity index (χ1n) is 7.35. The van der Waals surface area contributed by atoms with Crippen molar-refractivity contribution in [3.8, 4) is 0 Å². The quantitative estimate of drug-likeness (QED) is 0.920. The van der Waals surface area contributed by atoms with Crippen molar-refractivity contribution in [2.45, 2.75) is 13.8 Å². The van der Waals surface area contributed by atoms with Gasteiger partial charge in [-0.15, -0.1) is 0 Å². The minimum Gasteiger partial charge on any atom is -0.466 e. The summed E-state index contributed by atoms with van der Waals surface area (Å²) in [5, 5.41) is 0. The molecule has 2 aromatic rings. The summed E-state index contributed by atoms with van der Waals surface area (Å²) in [6.45, 7) is 5.78. The van der Waals surface area contributed by atoms with Gasteiger partial charge in [0.15, 0.2) is 0 Å². The Kier molecular flexibility index (Phi) is 3.75. The Morgan fingerprint density at radius 3 is 2.23 bits per heavy atom. The van der Waals surface area contributed by atoms with Gasteiger partial charge in [-0.25, -0.2) is 0 Å². The Morgan fingerprint density at radius 1 is 1.09 bits per heavy atom. The fourth-order valence-corrected chi connectivity index (χ4v) is 2.76. The number of rotatable bonds is 2. The molecule has 3 rings (SSSR count). The summed E-state index contributed by atoms with van der Waals surface area (Å²) in [5.74, 6) is 1.34. The van der Waals surface area contributed by atoms with E-state index in [0.717, 1.165) is 5.76 Å². The van der Waals surface area contributed by atoms with Crippen molar-refractivity contribution in [3.63, 3.8) is 0 Å². The zero-order valence-corrected chi connectivity index (χ0v) is 12.8. The summed E-state index contributed by atoms with van der Waals surface area (Å²) in [7, 11) is 0. The fourth-order valence-electron chi connectivity index (χ4n) is 2.76. The predicted octanol–water partition coefficient (Wildman–Crippen LogP) is 1.82. The molecule has 6 heteroatoms. The molecule has 3 heterocycles. The molecule has 116 valence electrons. The summed E-state index contributed by atoms with van der Waals surface area (Å²) >= 11 is 0. The van der Waals surface area contributed by atoms with E-state index in [1.165, 1.54) is 0 Å². The number of aromatic nitrogens is 1. The lowest BCUT2D eigenvalue weighted by Crippen LogP contribution is -2.50. The molecule has 0 atom stereocenters. The van der Waals surface area contributed by atoms with Gasteiger partial charge in [0.1, 0.15) is 17.2 Å². The van der Waals surface area contributed by atoms with Crippen molar-refractivity contribution >= 4 is 11.8 Å². The van der Waals surface area contributed by atoms with Gasteiger partial charge in [0.05, 0.1) is 5.56 Å².